The molecule has 0 saturated heterocycles. The van der Waals surface area contributed by atoms with Crippen molar-refractivity contribution in [2.75, 3.05) is 13.7 Å². The summed E-state index contributed by atoms with van der Waals surface area (Å²) in [5.41, 5.74) is 1.82. The zero-order chi connectivity index (χ0) is 21.4. The highest BCUT2D eigenvalue weighted by Crippen LogP contribution is 2.37. The Kier molecular flexibility index (Phi) is 5.24. The molecule has 0 saturated carbocycles. The van der Waals surface area contributed by atoms with Gasteiger partial charge in [0.15, 0.2) is 0 Å². The number of aromatic nitrogens is 1. The fourth-order valence-electron chi connectivity index (χ4n) is 3.24. The van der Waals surface area contributed by atoms with E-state index in [4.69, 9.17) is 9.72 Å². The number of hydrogen-bond acceptors (Lipinski definition) is 7. The largest absolute Gasteiger partial charge is 0.497 e. The van der Waals surface area contributed by atoms with Crippen LogP contribution in [0, 0.1) is 11.3 Å². The fraction of sp³-hybridized carbons (Fsp3) is 0.182. The summed E-state index contributed by atoms with van der Waals surface area (Å²) in [6, 6.07) is 11.7. The van der Waals surface area contributed by atoms with Gasteiger partial charge in [-0.25, -0.2) is 4.98 Å². The molecule has 0 fully saturated rings. The molecule has 1 aromatic carbocycles. The zero-order valence-corrected chi connectivity index (χ0v) is 18.2. The van der Waals surface area contributed by atoms with E-state index in [0.29, 0.717) is 11.1 Å². The molecule has 0 aliphatic carbocycles. The minimum Gasteiger partial charge on any atom is -0.497 e. The third-order valence-electron chi connectivity index (χ3n) is 4.87. The first-order valence-electron chi connectivity index (χ1n) is 9.20. The van der Waals surface area contributed by atoms with Crippen LogP contribution in [0.25, 0.3) is 26.2 Å². The summed E-state index contributed by atoms with van der Waals surface area (Å²) in [7, 11) is 1.63. The van der Waals surface area contributed by atoms with Crippen molar-refractivity contribution in [3.05, 3.63) is 51.9 Å². The minimum absolute atomic E-state index is 0.0148. The second-order valence-corrected chi connectivity index (χ2v) is 8.68. The number of hydrogen-bond donors (Lipinski definition) is 0. The van der Waals surface area contributed by atoms with Crippen molar-refractivity contribution in [3.8, 4) is 22.4 Å². The topological polar surface area (TPSA) is 83.3 Å². The predicted octanol–water partition coefficient (Wildman–Crippen LogP) is 4.65. The smallest absolute Gasteiger partial charge is 0.271 e. The Labute approximate surface area is 181 Å². The van der Waals surface area contributed by atoms with Gasteiger partial charge < -0.3 is 4.74 Å². The van der Waals surface area contributed by atoms with Crippen LogP contribution in [0.2, 0.25) is 0 Å². The average molecular weight is 436 g/mol. The van der Waals surface area contributed by atoms with Gasteiger partial charge in [-0.05, 0) is 55.8 Å². The Balaban J connectivity index is 1.71. The maximum atomic E-state index is 12.8. The van der Waals surface area contributed by atoms with E-state index >= 15 is 0 Å². The lowest BCUT2D eigenvalue weighted by molar-refractivity contribution is -0.140. The fourth-order valence-corrected chi connectivity index (χ4v) is 5.41. The second-order valence-electron chi connectivity index (χ2n) is 6.59. The van der Waals surface area contributed by atoms with Crippen molar-refractivity contribution in [2.24, 2.45) is 0 Å². The lowest BCUT2D eigenvalue weighted by atomic mass is 9.95. The first-order chi connectivity index (χ1) is 14.5. The quantitative estimate of drug-likeness (QED) is 0.440. The predicted molar refractivity (Wildman–Crippen MR) is 118 cm³/mol. The zero-order valence-electron chi connectivity index (χ0n) is 16.6. The average Bonchev–Trinajstić information content (AvgIpc) is 3.31. The van der Waals surface area contributed by atoms with E-state index in [1.165, 1.54) is 11.3 Å². The molecule has 0 N–H and O–H groups in total. The summed E-state index contributed by atoms with van der Waals surface area (Å²) >= 11 is 3.05. The number of carbonyl (C=O) groups excluding carboxylic acids is 2. The number of methoxy groups -OCH3 is 1. The van der Waals surface area contributed by atoms with E-state index in [-0.39, 0.29) is 18.0 Å². The molecule has 1 aliphatic rings. The lowest BCUT2D eigenvalue weighted by Gasteiger charge is -2.26. The molecule has 6 nitrogen and oxygen atoms in total. The molecule has 3 heterocycles. The Hall–Kier alpha value is -3.28. The van der Waals surface area contributed by atoms with E-state index in [1.54, 1.807) is 38.4 Å². The molecule has 4 rings (SSSR count). The molecule has 1 aliphatic heterocycles. The second kappa shape index (κ2) is 7.86. The van der Waals surface area contributed by atoms with Crippen molar-refractivity contribution in [3.63, 3.8) is 0 Å². The number of ether oxygens (including phenoxy) is 1. The third-order valence-corrected chi connectivity index (χ3v) is 7.03. The van der Waals surface area contributed by atoms with Crippen molar-refractivity contribution >= 4 is 50.1 Å². The van der Waals surface area contributed by atoms with Gasteiger partial charge in [0.25, 0.3) is 11.8 Å². The molecule has 150 valence electrons. The molecular weight excluding hydrogens is 418 g/mol. The molecular formula is C22H17N3O3S2. The number of thiophene rings is 1. The highest BCUT2D eigenvalue weighted by Gasteiger charge is 2.34. The number of carbonyl (C=O) groups is 2. The summed E-state index contributed by atoms with van der Waals surface area (Å²) in [6.07, 6.45) is 1.75. The summed E-state index contributed by atoms with van der Waals surface area (Å²) in [6.45, 7) is 3.58. The van der Waals surface area contributed by atoms with Gasteiger partial charge in [-0.1, -0.05) is 0 Å². The van der Waals surface area contributed by atoms with Crippen LogP contribution in [0.1, 0.15) is 18.7 Å². The lowest BCUT2D eigenvalue weighted by Crippen LogP contribution is -2.42. The number of benzene rings is 1. The maximum absolute atomic E-state index is 12.8. The van der Waals surface area contributed by atoms with Crippen LogP contribution in [0.4, 0.5) is 0 Å². The molecule has 0 spiro atoms. The highest BCUT2D eigenvalue weighted by atomic mass is 32.1. The summed E-state index contributed by atoms with van der Waals surface area (Å²) in [4.78, 5) is 32.6. The van der Waals surface area contributed by atoms with Crippen LogP contribution >= 0.6 is 22.7 Å². The number of nitriles is 1. The first kappa shape index (κ1) is 20.0. The third kappa shape index (κ3) is 3.32. The van der Waals surface area contributed by atoms with E-state index in [9.17, 15) is 14.9 Å². The van der Waals surface area contributed by atoms with Gasteiger partial charge in [-0.2, -0.15) is 5.26 Å². The van der Waals surface area contributed by atoms with E-state index in [2.05, 4.69) is 0 Å². The van der Waals surface area contributed by atoms with E-state index in [1.807, 2.05) is 36.4 Å². The van der Waals surface area contributed by atoms with Gasteiger partial charge in [0.2, 0.25) is 0 Å². The van der Waals surface area contributed by atoms with E-state index < -0.39 is 5.91 Å². The monoisotopic (exact) mass is 435 g/mol. The number of imide groups is 1. The van der Waals surface area contributed by atoms with Crippen molar-refractivity contribution in [2.45, 2.75) is 13.8 Å². The summed E-state index contributed by atoms with van der Waals surface area (Å²) in [5, 5.41) is 10.3. The van der Waals surface area contributed by atoms with Crippen molar-refractivity contribution < 1.29 is 14.3 Å². The van der Waals surface area contributed by atoms with Crippen molar-refractivity contribution in [1.29, 1.82) is 5.26 Å². The van der Waals surface area contributed by atoms with Crippen LogP contribution in [0.3, 0.4) is 0 Å². The standard InChI is InChI=1S/C22H17N3O3S2/c1-4-25-21(26)16(12(2)17(11-23)22(25)27)9-15-10-18-20(29-15)24-19(30-18)13-5-7-14(28-3)8-6-13/h5-10H,4H2,1-3H3/b16-9-. The first-order valence-corrected chi connectivity index (χ1v) is 10.8. The van der Waals surface area contributed by atoms with Crippen LogP contribution in [-0.2, 0) is 9.59 Å². The van der Waals surface area contributed by atoms with Crippen LogP contribution in [-0.4, -0.2) is 35.4 Å². The molecule has 3 aromatic rings. The van der Waals surface area contributed by atoms with Crippen LogP contribution in [0.5, 0.6) is 5.75 Å². The molecule has 0 bridgehead atoms. The number of amides is 2. The van der Waals surface area contributed by atoms with Crippen LogP contribution < -0.4 is 4.74 Å². The Bertz CT molecular complexity index is 1240. The number of fused-ring (bicyclic) bond motifs is 1. The summed E-state index contributed by atoms with van der Waals surface area (Å²) in [5.74, 6) is -0.108. The molecule has 0 unspecified atom stereocenters. The SMILES string of the molecule is CCN1C(=O)C(C#N)=C(C)/C(=C/c2cc3sc(-c4ccc(OC)cc4)nc3s2)C1=O. The number of nitrogens with zero attached hydrogens (tertiary/aromatic N) is 3. The van der Waals surface area contributed by atoms with E-state index in [0.717, 1.165) is 35.6 Å². The number of thiazole rings is 1. The maximum Gasteiger partial charge on any atom is 0.271 e. The summed E-state index contributed by atoms with van der Waals surface area (Å²) < 4.78 is 6.21. The van der Waals surface area contributed by atoms with Gasteiger partial charge in [-0.15, -0.1) is 22.7 Å². The molecule has 0 atom stereocenters. The number of likely N-dealkylation sites (N-methyl/N-ethyl adjacent to an activating group) is 1. The van der Waals surface area contributed by atoms with Gasteiger partial charge in [0.1, 0.15) is 27.2 Å². The molecule has 2 amide bonds. The highest BCUT2D eigenvalue weighted by molar-refractivity contribution is 7.29. The molecule has 2 aromatic heterocycles. The molecule has 8 heteroatoms. The van der Waals surface area contributed by atoms with Crippen LogP contribution in [0.15, 0.2) is 47.1 Å². The number of rotatable bonds is 4. The van der Waals surface area contributed by atoms with Gasteiger partial charge in [-0.3, -0.25) is 14.5 Å². The van der Waals surface area contributed by atoms with Crippen molar-refractivity contribution in [1.82, 2.24) is 9.88 Å². The Morgan fingerprint density at radius 1 is 1.20 bits per heavy atom. The normalized spacial score (nSPS) is 15.9. The van der Waals surface area contributed by atoms with Gasteiger partial charge >= 0.3 is 0 Å². The Morgan fingerprint density at radius 2 is 1.93 bits per heavy atom. The molecule has 30 heavy (non-hydrogen) atoms. The van der Waals surface area contributed by atoms with Gasteiger partial charge in [0, 0.05) is 22.6 Å². The van der Waals surface area contributed by atoms with Gasteiger partial charge in [0.05, 0.1) is 11.8 Å². The minimum atomic E-state index is -0.530. The Morgan fingerprint density at radius 3 is 2.53 bits per heavy atom. The molecule has 0 radical (unpaired) electrons.